The van der Waals surface area contributed by atoms with Crippen LogP contribution in [0, 0.1) is 5.92 Å². The van der Waals surface area contributed by atoms with Crippen molar-refractivity contribution in [2.75, 3.05) is 0 Å². The average Bonchev–Trinajstić information content (AvgIpc) is 2.24. The van der Waals surface area contributed by atoms with E-state index in [0.717, 1.165) is 44.9 Å². The van der Waals surface area contributed by atoms with E-state index in [-0.39, 0.29) is 24.4 Å². The van der Waals surface area contributed by atoms with Gasteiger partial charge in [0.1, 0.15) is 17.5 Å². The summed E-state index contributed by atoms with van der Waals surface area (Å²) < 4.78 is 0. The summed E-state index contributed by atoms with van der Waals surface area (Å²) in [7, 11) is 0. The molecule has 4 heteroatoms. The number of carbonyl (C=O) groups is 2. The third kappa shape index (κ3) is 4.96. The standard InChI is InChI=1S/C13H22O4/c14-10-8-6-4-2-1-3-5-7-9-11(15)12(10)13(16)17/h12-13,16-17H,1-9H2. The monoisotopic (exact) mass is 242 g/mol. The summed E-state index contributed by atoms with van der Waals surface area (Å²) in [6.07, 6.45) is 5.59. The second kappa shape index (κ2) is 7.56. The lowest BCUT2D eigenvalue weighted by Crippen LogP contribution is -2.35. The number of aliphatic hydroxyl groups excluding tert-OH is 1. The highest BCUT2D eigenvalue weighted by Crippen LogP contribution is 2.18. The van der Waals surface area contributed by atoms with Crippen LogP contribution < -0.4 is 0 Å². The molecule has 0 saturated heterocycles. The van der Waals surface area contributed by atoms with Crippen LogP contribution in [0.15, 0.2) is 0 Å². The van der Waals surface area contributed by atoms with Gasteiger partial charge in [-0.3, -0.25) is 9.59 Å². The van der Waals surface area contributed by atoms with Gasteiger partial charge >= 0.3 is 0 Å². The van der Waals surface area contributed by atoms with Crippen LogP contribution in [0.3, 0.4) is 0 Å². The van der Waals surface area contributed by atoms with Crippen LogP contribution in [0.4, 0.5) is 0 Å². The molecule has 0 aliphatic heterocycles. The molecule has 0 bridgehead atoms. The van der Waals surface area contributed by atoms with Crippen molar-refractivity contribution < 1.29 is 19.8 Å². The Bertz CT molecular complexity index is 238. The van der Waals surface area contributed by atoms with Crippen molar-refractivity contribution in [2.45, 2.75) is 64.1 Å². The Kier molecular flexibility index (Phi) is 6.37. The topological polar surface area (TPSA) is 74.6 Å². The van der Waals surface area contributed by atoms with Gasteiger partial charge in [0.2, 0.25) is 0 Å². The molecule has 2 N–H and O–H groups in total. The maximum Gasteiger partial charge on any atom is 0.168 e. The molecule has 0 unspecified atom stereocenters. The molecule has 17 heavy (non-hydrogen) atoms. The van der Waals surface area contributed by atoms with Gasteiger partial charge in [-0.25, -0.2) is 0 Å². The van der Waals surface area contributed by atoms with Gasteiger partial charge < -0.3 is 10.2 Å². The summed E-state index contributed by atoms with van der Waals surface area (Å²) in [5.74, 6) is -1.84. The minimum Gasteiger partial charge on any atom is -0.367 e. The van der Waals surface area contributed by atoms with Crippen LogP contribution in [-0.2, 0) is 9.59 Å². The zero-order valence-corrected chi connectivity index (χ0v) is 10.2. The Hall–Kier alpha value is -0.740. The van der Waals surface area contributed by atoms with E-state index in [1.165, 1.54) is 0 Å². The van der Waals surface area contributed by atoms with Crippen molar-refractivity contribution in [1.82, 2.24) is 0 Å². The number of hydrogen-bond acceptors (Lipinski definition) is 4. The Morgan fingerprint density at radius 2 is 1.12 bits per heavy atom. The normalized spacial score (nSPS) is 22.3. The molecule has 0 heterocycles. The van der Waals surface area contributed by atoms with Crippen molar-refractivity contribution in [3.63, 3.8) is 0 Å². The maximum absolute atomic E-state index is 11.7. The lowest BCUT2D eigenvalue weighted by atomic mass is 9.90. The molecule has 0 atom stereocenters. The van der Waals surface area contributed by atoms with Gasteiger partial charge in [0.15, 0.2) is 6.29 Å². The number of hydrogen-bond donors (Lipinski definition) is 2. The number of rotatable bonds is 1. The summed E-state index contributed by atoms with van der Waals surface area (Å²) in [5, 5.41) is 18.3. The molecule has 1 aliphatic rings. The largest absolute Gasteiger partial charge is 0.367 e. The Labute approximate surface area is 102 Å². The van der Waals surface area contributed by atoms with Crippen molar-refractivity contribution in [3.8, 4) is 0 Å². The van der Waals surface area contributed by atoms with Crippen LogP contribution in [0.2, 0.25) is 0 Å². The van der Waals surface area contributed by atoms with Gasteiger partial charge in [-0.15, -0.1) is 0 Å². The van der Waals surface area contributed by atoms with Gasteiger partial charge in [0, 0.05) is 12.8 Å². The second-order valence-corrected chi connectivity index (χ2v) is 4.80. The zero-order chi connectivity index (χ0) is 12.7. The molecule has 0 radical (unpaired) electrons. The molecule has 0 amide bonds. The van der Waals surface area contributed by atoms with Crippen molar-refractivity contribution in [2.24, 2.45) is 5.92 Å². The first-order valence-electron chi connectivity index (χ1n) is 6.54. The molecule has 1 fully saturated rings. The maximum atomic E-state index is 11.7. The van der Waals surface area contributed by atoms with Gasteiger partial charge in [-0.05, 0) is 12.8 Å². The molecule has 0 spiro atoms. The van der Waals surface area contributed by atoms with Gasteiger partial charge in [-0.1, -0.05) is 32.1 Å². The molecule has 0 aromatic rings. The molecule has 0 aromatic carbocycles. The third-order valence-corrected chi connectivity index (χ3v) is 3.34. The quantitative estimate of drug-likeness (QED) is 0.540. The predicted octanol–water partition coefficient (Wildman–Crippen LogP) is 1.58. The first kappa shape index (κ1) is 14.3. The molecule has 1 saturated carbocycles. The zero-order valence-electron chi connectivity index (χ0n) is 10.2. The Morgan fingerprint density at radius 1 is 0.765 bits per heavy atom. The van der Waals surface area contributed by atoms with Gasteiger partial charge in [0.25, 0.3) is 0 Å². The molecule has 98 valence electrons. The number of carbonyl (C=O) groups excluding carboxylic acids is 2. The number of Topliss-reactive ketones (excluding diaryl/α,β-unsaturated/α-hetero) is 2. The van der Waals surface area contributed by atoms with Gasteiger partial charge in [-0.2, -0.15) is 0 Å². The van der Waals surface area contributed by atoms with Crippen molar-refractivity contribution in [3.05, 3.63) is 0 Å². The number of aliphatic hydroxyl groups is 2. The molecule has 1 aliphatic carbocycles. The van der Waals surface area contributed by atoms with E-state index in [1.807, 2.05) is 0 Å². The van der Waals surface area contributed by atoms with Crippen molar-refractivity contribution >= 4 is 11.6 Å². The minimum absolute atomic E-state index is 0.286. The van der Waals surface area contributed by atoms with E-state index < -0.39 is 12.2 Å². The fourth-order valence-corrected chi connectivity index (χ4v) is 2.31. The Morgan fingerprint density at radius 3 is 1.47 bits per heavy atom. The summed E-state index contributed by atoms with van der Waals surface area (Å²) >= 11 is 0. The number of ketones is 2. The first-order chi connectivity index (χ1) is 8.13. The molecule has 4 nitrogen and oxygen atoms in total. The summed E-state index contributed by atoms with van der Waals surface area (Å²) in [4.78, 5) is 23.5. The van der Waals surface area contributed by atoms with E-state index >= 15 is 0 Å². The fourth-order valence-electron chi connectivity index (χ4n) is 2.31. The van der Waals surface area contributed by atoms with E-state index in [2.05, 4.69) is 0 Å². The van der Waals surface area contributed by atoms with E-state index in [1.54, 1.807) is 0 Å². The van der Waals surface area contributed by atoms with E-state index in [9.17, 15) is 9.59 Å². The van der Waals surface area contributed by atoms with Crippen LogP contribution in [0.5, 0.6) is 0 Å². The summed E-state index contributed by atoms with van der Waals surface area (Å²) in [6, 6.07) is 0. The average molecular weight is 242 g/mol. The Balaban J connectivity index is 2.61. The molecular formula is C13H22O4. The summed E-state index contributed by atoms with van der Waals surface area (Å²) in [6.45, 7) is 0. The van der Waals surface area contributed by atoms with E-state index in [4.69, 9.17) is 10.2 Å². The predicted molar refractivity (Wildman–Crippen MR) is 63.3 cm³/mol. The highest BCUT2D eigenvalue weighted by Gasteiger charge is 2.31. The third-order valence-electron chi connectivity index (χ3n) is 3.34. The van der Waals surface area contributed by atoms with Gasteiger partial charge in [0.05, 0.1) is 0 Å². The SMILES string of the molecule is O=C1CCCCCCCCCC(=O)C1C(O)O. The highest BCUT2D eigenvalue weighted by atomic mass is 16.5. The summed E-state index contributed by atoms with van der Waals surface area (Å²) in [5.41, 5.74) is 0. The van der Waals surface area contributed by atoms with Crippen LogP contribution >= 0.6 is 0 Å². The first-order valence-corrected chi connectivity index (χ1v) is 6.54. The highest BCUT2D eigenvalue weighted by molar-refractivity contribution is 6.02. The lowest BCUT2D eigenvalue weighted by molar-refractivity contribution is -0.151. The molecular weight excluding hydrogens is 220 g/mol. The van der Waals surface area contributed by atoms with Crippen LogP contribution in [0.1, 0.15) is 57.8 Å². The van der Waals surface area contributed by atoms with Crippen LogP contribution in [-0.4, -0.2) is 28.1 Å². The van der Waals surface area contributed by atoms with Crippen molar-refractivity contribution in [1.29, 1.82) is 0 Å². The minimum atomic E-state index is -1.84. The van der Waals surface area contributed by atoms with Crippen LogP contribution in [0.25, 0.3) is 0 Å². The fraction of sp³-hybridized carbons (Fsp3) is 0.846. The molecule has 1 rings (SSSR count). The lowest BCUT2D eigenvalue weighted by Gasteiger charge is -2.17. The molecule has 0 aromatic heterocycles. The van der Waals surface area contributed by atoms with E-state index in [0.29, 0.717) is 0 Å². The smallest absolute Gasteiger partial charge is 0.168 e. The second-order valence-electron chi connectivity index (χ2n) is 4.80.